The van der Waals surface area contributed by atoms with Crippen molar-refractivity contribution in [3.8, 4) is 10.4 Å². The molecule has 0 amide bonds. The largest absolute Gasteiger partial charge is 0.381 e. The summed E-state index contributed by atoms with van der Waals surface area (Å²) in [5, 5.41) is 17.6. The van der Waals surface area contributed by atoms with Crippen molar-refractivity contribution >= 4 is 21.4 Å². The maximum Gasteiger partial charge on any atom is 0.266 e. The molecule has 0 radical (unpaired) electrons. The number of aromatic nitrogens is 3. The van der Waals surface area contributed by atoms with Crippen LogP contribution in [-0.2, 0) is 16.9 Å². The fourth-order valence-corrected chi connectivity index (χ4v) is 4.18. The van der Waals surface area contributed by atoms with Crippen molar-refractivity contribution in [3.05, 3.63) is 39.8 Å². The molecule has 3 N–H and O–H groups in total. The fourth-order valence-electron chi connectivity index (χ4n) is 3.09. The van der Waals surface area contributed by atoms with E-state index in [9.17, 15) is 14.3 Å². The molecule has 0 spiro atoms. The van der Waals surface area contributed by atoms with Crippen LogP contribution in [0.25, 0.3) is 20.5 Å². The number of halogens is 1. The Bertz CT molecular complexity index is 990. The van der Waals surface area contributed by atoms with Crippen molar-refractivity contribution in [1.29, 1.82) is 0 Å². The average molecular weight is 349 g/mol. The normalized spacial score (nSPS) is 20.7. The van der Waals surface area contributed by atoms with Gasteiger partial charge in [-0.25, -0.2) is 0 Å². The SMILES string of the molecule is CC(C)[C@]1(O)COCc2c1[nH]c(=O)c1sc(-c3cn[nH]c3F)cc21. The molecule has 0 aliphatic carbocycles. The lowest BCUT2D eigenvalue weighted by molar-refractivity contribution is -0.104. The molecule has 8 heteroatoms. The zero-order chi connectivity index (χ0) is 17.1. The lowest BCUT2D eigenvalue weighted by atomic mass is 9.83. The topological polar surface area (TPSA) is 91.0 Å². The van der Waals surface area contributed by atoms with Gasteiger partial charge in [0.15, 0.2) is 0 Å². The number of fused-ring (bicyclic) bond motifs is 3. The van der Waals surface area contributed by atoms with E-state index in [-0.39, 0.29) is 18.1 Å². The first kappa shape index (κ1) is 15.5. The van der Waals surface area contributed by atoms with Gasteiger partial charge in [0.05, 0.1) is 30.7 Å². The van der Waals surface area contributed by atoms with Crippen molar-refractivity contribution in [2.24, 2.45) is 5.92 Å². The van der Waals surface area contributed by atoms with Gasteiger partial charge in [0, 0.05) is 15.8 Å². The van der Waals surface area contributed by atoms with E-state index in [0.29, 0.717) is 32.8 Å². The first-order chi connectivity index (χ1) is 11.4. The molecule has 0 unspecified atom stereocenters. The second kappa shape index (κ2) is 5.23. The number of rotatable bonds is 2. The zero-order valence-electron chi connectivity index (χ0n) is 13.1. The predicted octanol–water partition coefficient (Wildman–Crippen LogP) is 2.49. The van der Waals surface area contributed by atoms with Gasteiger partial charge in [-0.05, 0) is 12.0 Å². The first-order valence-corrected chi connectivity index (χ1v) is 8.42. The summed E-state index contributed by atoms with van der Waals surface area (Å²) in [6.45, 7) is 4.18. The van der Waals surface area contributed by atoms with E-state index in [1.165, 1.54) is 17.5 Å². The maximum absolute atomic E-state index is 13.8. The molecule has 126 valence electrons. The number of aliphatic hydroxyl groups is 1. The molecule has 3 aromatic rings. The number of nitrogens with zero attached hydrogens (tertiary/aromatic N) is 1. The van der Waals surface area contributed by atoms with Crippen LogP contribution in [0.1, 0.15) is 25.1 Å². The van der Waals surface area contributed by atoms with Gasteiger partial charge in [-0.15, -0.1) is 11.3 Å². The molecule has 0 aromatic carbocycles. The summed E-state index contributed by atoms with van der Waals surface area (Å²) in [4.78, 5) is 15.9. The van der Waals surface area contributed by atoms with Crippen LogP contribution in [0.3, 0.4) is 0 Å². The molecule has 3 aromatic heterocycles. The van der Waals surface area contributed by atoms with Gasteiger partial charge in [-0.1, -0.05) is 13.8 Å². The molecule has 0 fully saturated rings. The zero-order valence-corrected chi connectivity index (χ0v) is 14.0. The second-order valence-corrected chi connectivity index (χ2v) is 7.38. The lowest BCUT2D eigenvalue weighted by Gasteiger charge is -2.37. The van der Waals surface area contributed by atoms with Crippen LogP contribution in [0.4, 0.5) is 4.39 Å². The number of pyridine rings is 1. The minimum atomic E-state index is -1.25. The highest BCUT2D eigenvalue weighted by Gasteiger charge is 2.40. The molecule has 4 rings (SSSR count). The van der Waals surface area contributed by atoms with Crippen LogP contribution in [0.2, 0.25) is 0 Å². The molecule has 1 aliphatic rings. The van der Waals surface area contributed by atoms with Gasteiger partial charge in [-0.2, -0.15) is 9.49 Å². The summed E-state index contributed by atoms with van der Waals surface area (Å²) in [5.41, 5.74) is 0.0333. The number of hydrogen-bond acceptors (Lipinski definition) is 5. The summed E-state index contributed by atoms with van der Waals surface area (Å²) in [5.74, 6) is -0.670. The smallest absolute Gasteiger partial charge is 0.266 e. The highest BCUT2D eigenvalue weighted by atomic mass is 32.1. The second-order valence-electron chi connectivity index (χ2n) is 6.33. The Morgan fingerprint density at radius 2 is 2.29 bits per heavy atom. The standard InChI is InChI=1S/C16H16FN3O3S/c1-7(2)16(22)6-23-5-10-8-3-11(9-4-18-20-14(9)17)24-12(8)15(21)19-13(10)16/h3-4,7,22H,5-6H2,1-2H3,(H,18,20)(H,19,21)/t16-/m1/s1. The first-order valence-electron chi connectivity index (χ1n) is 7.60. The predicted molar refractivity (Wildman–Crippen MR) is 88.4 cm³/mol. The molecule has 0 bridgehead atoms. The quantitative estimate of drug-likeness (QED) is 0.663. The van der Waals surface area contributed by atoms with Gasteiger partial charge < -0.3 is 14.8 Å². The Hall–Kier alpha value is -2.03. The van der Waals surface area contributed by atoms with Crippen LogP contribution in [0, 0.1) is 11.9 Å². The highest BCUT2D eigenvalue weighted by molar-refractivity contribution is 7.22. The van der Waals surface area contributed by atoms with E-state index in [4.69, 9.17) is 4.74 Å². The summed E-state index contributed by atoms with van der Waals surface area (Å²) in [6.07, 6.45) is 1.39. The molecule has 1 aliphatic heterocycles. The molecule has 1 atom stereocenters. The van der Waals surface area contributed by atoms with Crippen molar-refractivity contribution in [1.82, 2.24) is 15.2 Å². The van der Waals surface area contributed by atoms with Gasteiger partial charge in [0.2, 0.25) is 5.95 Å². The van der Waals surface area contributed by atoms with E-state index in [2.05, 4.69) is 15.2 Å². The molecule has 4 heterocycles. The van der Waals surface area contributed by atoms with Crippen molar-refractivity contribution in [2.75, 3.05) is 6.61 Å². The van der Waals surface area contributed by atoms with Crippen LogP contribution in [0.5, 0.6) is 0 Å². The van der Waals surface area contributed by atoms with Gasteiger partial charge in [0.1, 0.15) is 10.3 Å². The van der Waals surface area contributed by atoms with E-state index in [1.807, 2.05) is 13.8 Å². The highest BCUT2D eigenvalue weighted by Crippen LogP contribution is 2.40. The summed E-state index contributed by atoms with van der Waals surface area (Å²) in [6, 6.07) is 1.76. The third-order valence-corrected chi connectivity index (χ3v) is 5.79. The Balaban J connectivity index is 2.00. The van der Waals surface area contributed by atoms with E-state index >= 15 is 0 Å². The number of hydrogen-bond donors (Lipinski definition) is 3. The summed E-state index contributed by atoms with van der Waals surface area (Å²) in [7, 11) is 0. The number of ether oxygens (including phenoxy) is 1. The number of nitrogens with one attached hydrogen (secondary N) is 2. The van der Waals surface area contributed by atoms with Crippen molar-refractivity contribution in [2.45, 2.75) is 26.1 Å². The van der Waals surface area contributed by atoms with Gasteiger partial charge >= 0.3 is 0 Å². The fraction of sp³-hybridized carbons (Fsp3) is 0.375. The molecule has 0 saturated heterocycles. The number of H-pyrrole nitrogens is 2. The summed E-state index contributed by atoms with van der Waals surface area (Å²) >= 11 is 1.20. The molecule has 6 nitrogen and oxygen atoms in total. The number of thiophene rings is 1. The van der Waals surface area contributed by atoms with Crippen LogP contribution >= 0.6 is 11.3 Å². The monoisotopic (exact) mass is 349 g/mol. The molecular formula is C16H16FN3O3S. The van der Waals surface area contributed by atoms with E-state index in [0.717, 1.165) is 5.56 Å². The Morgan fingerprint density at radius 1 is 1.50 bits per heavy atom. The molecule has 0 saturated carbocycles. The van der Waals surface area contributed by atoms with Crippen LogP contribution in [-0.4, -0.2) is 26.9 Å². The van der Waals surface area contributed by atoms with Gasteiger partial charge in [0.25, 0.3) is 5.56 Å². The van der Waals surface area contributed by atoms with Crippen LogP contribution < -0.4 is 5.56 Å². The van der Waals surface area contributed by atoms with Crippen molar-refractivity contribution < 1.29 is 14.2 Å². The van der Waals surface area contributed by atoms with Crippen LogP contribution in [0.15, 0.2) is 17.1 Å². The van der Waals surface area contributed by atoms with E-state index < -0.39 is 11.5 Å². The third kappa shape index (κ3) is 2.07. The Labute approximate surface area is 140 Å². The Morgan fingerprint density at radius 3 is 2.96 bits per heavy atom. The van der Waals surface area contributed by atoms with Gasteiger partial charge in [-0.3, -0.25) is 9.89 Å². The van der Waals surface area contributed by atoms with E-state index in [1.54, 1.807) is 6.07 Å². The third-order valence-electron chi connectivity index (χ3n) is 4.62. The number of aromatic amines is 2. The Kier molecular flexibility index (Phi) is 3.38. The summed E-state index contributed by atoms with van der Waals surface area (Å²) < 4.78 is 19.8. The maximum atomic E-state index is 13.8. The average Bonchev–Trinajstić information content (AvgIpc) is 3.15. The van der Waals surface area contributed by atoms with Crippen molar-refractivity contribution in [3.63, 3.8) is 0 Å². The minimum Gasteiger partial charge on any atom is -0.381 e. The lowest BCUT2D eigenvalue weighted by Crippen LogP contribution is -2.43. The molecule has 24 heavy (non-hydrogen) atoms. The minimum absolute atomic E-state index is 0.130. The molecular weight excluding hydrogens is 333 g/mol.